The summed E-state index contributed by atoms with van der Waals surface area (Å²) in [6.07, 6.45) is 0.907. The summed E-state index contributed by atoms with van der Waals surface area (Å²) >= 11 is 4.94. The van der Waals surface area contributed by atoms with Gasteiger partial charge in [0.1, 0.15) is 10.8 Å². The van der Waals surface area contributed by atoms with Crippen LogP contribution in [0.4, 0.5) is 4.39 Å². The summed E-state index contributed by atoms with van der Waals surface area (Å²) < 4.78 is 15.0. The Morgan fingerprint density at radius 3 is 2.70 bits per heavy atom. The number of hydrogen-bond acceptors (Lipinski definition) is 3. The highest BCUT2D eigenvalue weighted by Gasteiger charge is 2.21. The number of halogens is 2. The van der Waals surface area contributed by atoms with Crippen LogP contribution in [-0.4, -0.2) is 11.5 Å². The van der Waals surface area contributed by atoms with Gasteiger partial charge in [-0.2, -0.15) is 0 Å². The topological polar surface area (TPSA) is 24.9 Å². The van der Waals surface area contributed by atoms with Crippen molar-refractivity contribution in [3.63, 3.8) is 0 Å². The van der Waals surface area contributed by atoms with Crippen molar-refractivity contribution < 1.29 is 4.39 Å². The molecule has 0 fully saturated rings. The second-order valence-corrected chi connectivity index (χ2v) is 6.72. The molecule has 0 spiro atoms. The fourth-order valence-corrected chi connectivity index (χ4v) is 3.61. The highest BCUT2D eigenvalue weighted by Crippen LogP contribution is 2.30. The van der Waals surface area contributed by atoms with Gasteiger partial charge < -0.3 is 5.32 Å². The fraction of sp³-hybridized carbons (Fsp3) is 0.400. The highest BCUT2D eigenvalue weighted by atomic mass is 79.9. The summed E-state index contributed by atoms with van der Waals surface area (Å²) in [6.45, 7) is 6.94. The van der Waals surface area contributed by atoms with E-state index in [9.17, 15) is 4.39 Å². The first kappa shape index (κ1) is 15.6. The largest absolute Gasteiger partial charge is 0.304 e. The number of hydrogen-bond donors (Lipinski definition) is 1. The van der Waals surface area contributed by atoms with Gasteiger partial charge in [-0.25, -0.2) is 9.37 Å². The number of rotatable bonds is 5. The van der Waals surface area contributed by atoms with Crippen molar-refractivity contribution >= 4 is 27.3 Å². The third-order valence-electron chi connectivity index (χ3n) is 3.17. The zero-order valence-electron chi connectivity index (χ0n) is 11.8. The van der Waals surface area contributed by atoms with Gasteiger partial charge in [0.25, 0.3) is 0 Å². The molecule has 2 rings (SSSR count). The molecule has 1 aromatic heterocycles. The lowest BCUT2D eigenvalue weighted by Gasteiger charge is -2.16. The molecule has 1 aromatic carbocycles. The Kier molecular flexibility index (Phi) is 5.29. The monoisotopic (exact) mass is 356 g/mol. The Hall–Kier alpha value is -0.780. The molecule has 1 unspecified atom stereocenters. The molecular formula is C15H18BrFN2S. The minimum Gasteiger partial charge on any atom is -0.304 e. The molecule has 2 aromatic rings. The predicted molar refractivity (Wildman–Crippen MR) is 85.8 cm³/mol. The van der Waals surface area contributed by atoms with E-state index in [4.69, 9.17) is 0 Å². The molecule has 5 heteroatoms. The van der Waals surface area contributed by atoms with Gasteiger partial charge in [0.2, 0.25) is 0 Å². The van der Waals surface area contributed by atoms with E-state index in [-0.39, 0.29) is 11.9 Å². The van der Waals surface area contributed by atoms with Crippen molar-refractivity contribution in [3.05, 3.63) is 49.6 Å². The summed E-state index contributed by atoms with van der Waals surface area (Å²) in [5.74, 6) is -0.212. The third kappa shape index (κ3) is 3.27. The Morgan fingerprint density at radius 2 is 2.15 bits per heavy atom. The van der Waals surface area contributed by atoms with E-state index < -0.39 is 0 Å². The van der Waals surface area contributed by atoms with Crippen LogP contribution in [0.1, 0.15) is 41.0 Å². The maximum Gasteiger partial charge on any atom is 0.129 e. The SMILES string of the molecule is CCNC(c1nc(CC)c(C)s1)c1ccc(Br)cc1F. The van der Waals surface area contributed by atoms with Crippen molar-refractivity contribution in [2.24, 2.45) is 0 Å². The zero-order valence-corrected chi connectivity index (χ0v) is 14.2. The van der Waals surface area contributed by atoms with Crippen LogP contribution in [0.3, 0.4) is 0 Å². The van der Waals surface area contributed by atoms with Gasteiger partial charge in [-0.05, 0) is 32.0 Å². The highest BCUT2D eigenvalue weighted by molar-refractivity contribution is 9.10. The smallest absolute Gasteiger partial charge is 0.129 e. The average molecular weight is 357 g/mol. The molecule has 108 valence electrons. The first-order valence-corrected chi connectivity index (χ1v) is 8.32. The summed E-state index contributed by atoms with van der Waals surface area (Å²) in [6, 6.07) is 5.00. The number of nitrogens with zero attached hydrogens (tertiary/aromatic N) is 1. The summed E-state index contributed by atoms with van der Waals surface area (Å²) in [5.41, 5.74) is 1.75. The molecule has 0 bridgehead atoms. The van der Waals surface area contributed by atoms with Crippen LogP contribution in [0.2, 0.25) is 0 Å². The van der Waals surface area contributed by atoms with Gasteiger partial charge >= 0.3 is 0 Å². The van der Waals surface area contributed by atoms with Crippen LogP contribution in [0.5, 0.6) is 0 Å². The van der Waals surface area contributed by atoms with E-state index in [0.29, 0.717) is 5.56 Å². The molecule has 1 heterocycles. The average Bonchev–Trinajstić information content (AvgIpc) is 2.78. The predicted octanol–water partition coefficient (Wildman–Crippen LogP) is 4.61. The van der Waals surface area contributed by atoms with Gasteiger partial charge in [-0.1, -0.05) is 35.8 Å². The maximum atomic E-state index is 14.2. The maximum absolute atomic E-state index is 14.2. The Morgan fingerprint density at radius 1 is 1.40 bits per heavy atom. The fourth-order valence-electron chi connectivity index (χ4n) is 2.17. The number of aromatic nitrogens is 1. The van der Waals surface area contributed by atoms with Crippen molar-refractivity contribution in [2.45, 2.75) is 33.2 Å². The molecular weight excluding hydrogens is 339 g/mol. The minimum absolute atomic E-state index is 0.183. The lowest BCUT2D eigenvalue weighted by atomic mass is 10.1. The number of benzene rings is 1. The lowest BCUT2D eigenvalue weighted by Crippen LogP contribution is -2.23. The van der Waals surface area contributed by atoms with E-state index in [1.807, 2.05) is 19.1 Å². The second kappa shape index (κ2) is 6.78. The van der Waals surface area contributed by atoms with Crippen LogP contribution in [0.15, 0.2) is 22.7 Å². The van der Waals surface area contributed by atoms with Gasteiger partial charge in [0, 0.05) is 14.9 Å². The molecule has 0 aliphatic carbocycles. The summed E-state index contributed by atoms with van der Waals surface area (Å²) in [4.78, 5) is 5.88. The van der Waals surface area contributed by atoms with Gasteiger partial charge in [0.15, 0.2) is 0 Å². The van der Waals surface area contributed by atoms with Gasteiger partial charge in [0.05, 0.1) is 11.7 Å². The van der Waals surface area contributed by atoms with E-state index >= 15 is 0 Å². The number of aryl methyl sites for hydroxylation is 2. The molecule has 20 heavy (non-hydrogen) atoms. The Balaban J connectivity index is 2.44. The molecule has 0 saturated heterocycles. The molecule has 1 N–H and O–H groups in total. The zero-order chi connectivity index (χ0) is 14.7. The van der Waals surface area contributed by atoms with Crippen LogP contribution in [0, 0.1) is 12.7 Å². The first-order valence-electron chi connectivity index (χ1n) is 6.71. The normalized spacial score (nSPS) is 12.7. The minimum atomic E-state index is -0.212. The third-order valence-corrected chi connectivity index (χ3v) is 4.74. The molecule has 1 atom stereocenters. The second-order valence-electron chi connectivity index (χ2n) is 4.57. The van der Waals surface area contributed by atoms with Crippen molar-refractivity contribution in [2.75, 3.05) is 6.54 Å². The first-order chi connectivity index (χ1) is 9.56. The summed E-state index contributed by atoms with van der Waals surface area (Å²) in [5, 5.41) is 4.27. The van der Waals surface area contributed by atoms with Gasteiger partial charge in [-0.3, -0.25) is 0 Å². The summed E-state index contributed by atoms with van der Waals surface area (Å²) in [7, 11) is 0. The Bertz CT molecular complexity index is 598. The standard InChI is InChI=1S/C15H18BrFN2S/c1-4-13-9(3)20-15(19-13)14(18-5-2)11-7-6-10(16)8-12(11)17/h6-8,14,18H,4-5H2,1-3H3. The van der Waals surface area contributed by atoms with E-state index in [1.54, 1.807) is 11.3 Å². The molecule has 0 saturated carbocycles. The molecule has 0 aliphatic heterocycles. The van der Waals surface area contributed by atoms with Crippen LogP contribution in [-0.2, 0) is 6.42 Å². The number of nitrogens with one attached hydrogen (secondary N) is 1. The van der Waals surface area contributed by atoms with E-state index in [0.717, 1.165) is 28.1 Å². The van der Waals surface area contributed by atoms with Crippen LogP contribution in [0.25, 0.3) is 0 Å². The van der Waals surface area contributed by atoms with Crippen LogP contribution < -0.4 is 5.32 Å². The van der Waals surface area contributed by atoms with Gasteiger partial charge in [-0.15, -0.1) is 11.3 Å². The molecule has 0 aliphatic rings. The lowest BCUT2D eigenvalue weighted by molar-refractivity contribution is 0.556. The van der Waals surface area contributed by atoms with E-state index in [2.05, 4.69) is 40.1 Å². The molecule has 2 nitrogen and oxygen atoms in total. The van der Waals surface area contributed by atoms with E-state index in [1.165, 1.54) is 10.9 Å². The quantitative estimate of drug-likeness (QED) is 0.845. The molecule has 0 radical (unpaired) electrons. The van der Waals surface area contributed by atoms with Crippen molar-refractivity contribution in [3.8, 4) is 0 Å². The Labute approximate surface area is 131 Å². The molecule has 0 amide bonds. The van der Waals surface area contributed by atoms with Crippen LogP contribution >= 0.6 is 27.3 Å². The van der Waals surface area contributed by atoms with Crippen molar-refractivity contribution in [1.82, 2.24) is 10.3 Å². The number of thiazole rings is 1. The van der Waals surface area contributed by atoms with Crippen molar-refractivity contribution in [1.29, 1.82) is 0 Å².